The molecule has 0 aliphatic heterocycles. The Balaban J connectivity index is 2.10. The van der Waals surface area contributed by atoms with Crippen molar-refractivity contribution in [1.82, 2.24) is 0 Å². The minimum absolute atomic E-state index is 0.168. The van der Waals surface area contributed by atoms with Gasteiger partial charge in [0.05, 0.1) is 0 Å². The van der Waals surface area contributed by atoms with Crippen molar-refractivity contribution in [3.63, 3.8) is 0 Å². The normalized spacial score (nSPS) is 27.5. The summed E-state index contributed by atoms with van der Waals surface area (Å²) in [5.74, 6) is 0.692. The van der Waals surface area contributed by atoms with Crippen LogP contribution in [0.4, 0.5) is 4.39 Å². The second-order valence-corrected chi connectivity index (χ2v) is 6.93. The van der Waals surface area contributed by atoms with Crippen molar-refractivity contribution in [2.75, 3.05) is 6.54 Å². The van der Waals surface area contributed by atoms with Crippen LogP contribution < -0.4 is 5.73 Å². The summed E-state index contributed by atoms with van der Waals surface area (Å²) >= 11 is 3.37. The predicted octanol–water partition coefficient (Wildman–Crippen LogP) is 4.68. The van der Waals surface area contributed by atoms with E-state index in [9.17, 15) is 4.39 Å². The molecule has 0 spiro atoms. The van der Waals surface area contributed by atoms with Gasteiger partial charge in [-0.15, -0.1) is 0 Å². The molecule has 0 radical (unpaired) electrons. The summed E-state index contributed by atoms with van der Waals surface area (Å²) in [5, 5.41) is 0. The zero-order chi connectivity index (χ0) is 13.9. The predicted molar refractivity (Wildman–Crippen MR) is 81.5 cm³/mol. The van der Waals surface area contributed by atoms with E-state index in [2.05, 4.69) is 22.9 Å². The zero-order valence-electron chi connectivity index (χ0n) is 11.6. The highest BCUT2D eigenvalue weighted by molar-refractivity contribution is 9.10. The molecule has 0 amide bonds. The third-order valence-electron chi connectivity index (χ3n) is 4.68. The van der Waals surface area contributed by atoms with Gasteiger partial charge in [0.2, 0.25) is 0 Å². The minimum Gasteiger partial charge on any atom is -0.330 e. The van der Waals surface area contributed by atoms with Crippen LogP contribution in [0.25, 0.3) is 0 Å². The van der Waals surface area contributed by atoms with Gasteiger partial charge in [0.1, 0.15) is 5.82 Å². The van der Waals surface area contributed by atoms with Crippen molar-refractivity contribution in [1.29, 1.82) is 0 Å². The van der Waals surface area contributed by atoms with Crippen LogP contribution in [0.3, 0.4) is 0 Å². The van der Waals surface area contributed by atoms with Crippen LogP contribution in [0, 0.1) is 17.2 Å². The Morgan fingerprint density at radius 1 is 1.32 bits per heavy atom. The molecule has 1 aromatic carbocycles. The molecule has 0 saturated heterocycles. The second-order valence-electron chi connectivity index (χ2n) is 6.01. The van der Waals surface area contributed by atoms with Gasteiger partial charge < -0.3 is 5.73 Å². The molecular weight excluding hydrogens is 305 g/mol. The first kappa shape index (κ1) is 15.0. The Morgan fingerprint density at radius 3 is 2.53 bits per heavy atom. The quantitative estimate of drug-likeness (QED) is 0.853. The molecule has 0 atom stereocenters. The van der Waals surface area contributed by atoms with Gasteiger partial charge in [-0.05, 0) is 73.7 Å². The Kier molecular flexibility index (Phi) is 5.02. The molecule has 1 nitrogen and oxygen atoms in total. The Bertz CT molecular complexity index is 405. The molecule has 0 heterocycles. The summed E-state index contributed by atoms with van der Waals surface area (Å²) in [5.41, 5.74) is 7.29. The molecule has 19 heavy (non-hydrogen) atoms. The molecule has 1 aliphatic carbocycles. The summed E-state index contributed by atoms with van der Waals surface area (Å²) in [6.45, 7) is 2.97. The first-order valence-electron chi connectivity index (χ1n) is 7.22. The Morgan fingerprint density at radius 2 is 2.00 bits per heavy atom. The van der Waals surface area contributed by atoms with Gasteiger partial charge in [0, 0.05) is 4.47 Å². The molecule has 2 N–H and O–H groups in total. The van der Waals surface area contributed by atoms with Gasteiger partial charge in [-0.2, -0.15) is 0 Å². The van der Waals surface area contributed by atoms with E-state index in [1.807, 2.05) is 6.07 Å². The molecular formula is C16H23BrFN. The lowest BCUT2D eigenvalue weighted by Gasteiger charge is -2.39. The van der Waals surface area contributed by atoms with Crippen LogP contribution in [0.2, 0.25) is 0 Å². The van der Waals surface area contributed by atoms with E-state index < -0.39 is 0 Å². The van der Waals surface area contributed by atoms with E-state index in [1.165, 1.54) is 38.2 Å². The van der Waals surface area contributed by atoms with E-state index in [0.29, 0.717) is 6.54 Å². The van der Waals surface area contributed by atoms with Crippen molar-refractivity contribution >= 4 is 15.9 Å². The molecule has 1 aromatic rings. The first-order valence-corrected chi connectivity index (χ1v) is 8.01. The molecule has 106 valence electrons. The Labute approximate surface area is 123 Å². The first-order chi connectivity index (χ1) is 9.07. The molecule has 1 aliphatic rings. The lowest BCUT2D eigenvalue weighted by atomic mass is 9.67. The maximum Gasteiger partial charge on any atom is 0.124 e. The molecule has 2 rings (SSSR count). The molecule has 0 bridgehead atoms. The van der Waals surface area contributed by atoms with Crippen molar-refractivity contribution in [2.45, 2.75) is 45.4 Å². The third-order valence-corrected chi connectivity index (χ3v) is 5.14. The monoisotopic (exact) mass is 327 g/mol. The summed E-state index contributed by atoms with van der Waals surface area (Å²) in [4.78, 5) is 0. The van der Waals surface area contributed by atoms with Gasteiger partial charge in [-0.25, -0.2) is 4.39 Å². The molecule has 1 fully saturated rings. The van der Waals surface area contributed by atoms with Gasteiger partial charge in [0.25, 0.3) is 0 Å². The number of rotatable bonds is 4. The third kappa shape index (κ3) is 3.79. The fourth-order valence-corrected chi connectivity index (χ4v) is 3.81. The molecule has 0 aromatic heterocycles. The van der Waals surface area contributed by atoms with Gasteiger partial charge >= 0.3 is 0 Å². The summed E-state index contributed by atoms with van der Waals surface area (Å²) in [6, 6.07) is 5.17. The number of nitrogens with two attached hydrogens (primary N) is 1. The highest BCUT2D eigenvalue weighted by Crippen LogP contribution is 2.42. The second kappa shape index (κ2) is 6.36. The highest BCUT2D eigenvalue weighted by Gasteiger charge is 2.33. The fourth-order valence-electron chi connectivity index (χ4n) is 3.30. The van der Waals surface area contributed by atoms with Crippen LogP contribution in [0.1, 0.15) is 44.6 Å². The number of hydrogen-bond donors (Lipinski definition) is 1. The van der Waals surface area contributed by atoms with E-state index in [4.69, 9.17) is 5.73 Å². The maximum atomic E-state index is 13.5. The van der Waals surface area contributed by atoms with Crippen LogP contribution in [-0.4, -0.2) is 6.54 Å². The lowest BCUT2D eigenvalue weighted by molar-refractivity contribution is 0.153. The standard InChI is InChI=1S/C16H23BrFN/c1-2-12-3-5-16(11-19,6-4-12)10-13-7-14(17)9-15(18)8-13/h7-9,12H,2-6,10-11,19H2,1H3. The average Bonchev–Trinajstić information content (AvgIpc) is 2.38. The summed E-state index contributed by atoms with van der Waals surface area (Å²) in [7, 11) is 0. The van der Waals surface area contributed by atoms with E-state index in [-0.39, 0.29) is 11.2 Å². The van der Waals surface area contributed by atoms with E-state index in [1.54, 1.807) is 6.07 Å². The fraction of sp³-hybridized carbons (Fsp3) is 0.625. The Hall–Kier alpha value is -0.410. The van der Waals surface area contributed by atoms with Crippen LogP contribution in [0.15, 0.2) is 22.7 Å². The van der Waals surface area contributed by atoms with E-state index in [0.717, 1.165) is 22.4 Å². The SMILES string of the molecule is CCC1CCC(CN)(Cc2cc(F)cc(Br)c2)CC1. The number of benzene rings is 1. The molecule has 1 saturated carbocycles. The molecule has 0 unspecified atom stereocenters. The van der Waals surface area contributed by atoms with E-state index >= 15 is 0 Å². The minimum atomic E-state index is -0.168. The smallest absolute Gasteiger partial charge is 0.124 e. The average molecular weight is 328 g/mol. The zero-order valence-corrected chi connectivity index (χ0v) is 13.2. The molecule has 3 heteroatoms. The largest absolute Gasteiger partial charge is 0.330 e. The van der Waals surface area contributed by atoms with Crippen LogP contribution >= 0.6 is 15.9 Å². The number of halogens is 2. The van der Waals surface area contributed by atoms with Gasteiger partial charge in [-0.3, -0.25) is 0 Å². The van der Waals surface area contributed by atoms with Gasteiger partial charge in [-0.1, -0.05) is 29.3 Å². The van der Waals surface area contributed by atoms with Crippen LogP contribution in [-0.2, 0) is 6.42 Å². The van der Waals surface area contributed by atoms with Crippen molar-refractivity contribution in [3.05, 3.63) is 34.1 Å². The van der Waals surface area contributed by atoms with Crippen LogP contribution in [0.5, 0.6) is 0 Å². The lowest BCUT2D eigenvalue weighted by Crippen LogP contribution is -2.36. The van der Waals surface area contributed by atoms with Gasteiger partial charge in [0.15, 0.2) is 0 Å². The highest BCUT2D eigenvalue weighted by atomic mass is 79.9. The topological polar surface area (TPSA) is 26.0 Å². The maximum absolute atomic E-state index is 13.5. The number of hydrogen-bond acceptors (Lipinski definition) is 1. The summed E-state index contributed by atoms with van der Waals surface area (Å²) < 4.78 is 14.3. The summed E-state index contributed by atoms with van der Waals surface area (Å²) in [6.07, 6.45) is 7.06. The van der Waals surface area contributed by atoms with Crippen molar-refractivity contribution in [3.8, 4) is 0 Å². The van der Waals surface area contributed by atoms with Crippen molar-refractivity contribution < 1.29 is 4.39 Å². The van der Waals surface area contributed by atoms with Crippen molar-refractivity contribution in [2.24, 2.45) is 17.1 Å².